The molecule has 4 aliphatic rings. The number of aryl methyl sites for hydroxylation is 1. The molecule has 1 aromatic heterocycles. The lowest BCUT2D eigenvalue weighted by atomic mass is 9.53. The molecule has 92 heavy (non-hydrogen) atoms. The molecule has 7 aromatic rings. The summed E-state index contributed by atoms with van der Waals surface area (Å²) in [6.07, 6.45) is 6.37. The minimum absolute atomic E-state index is 0.105. The number of hydrogen-bond donors (Lipinski definition) is 6. The van der Waals surface area contributed by atoms with Crippen molar-refractivity contribution >= 4 is 77.6 Å². The number of esters is 1. The lowest BCUT2D eigenvalue weighted by molar-refractivity contribution is -0.190. The summed E-state index contributed by atoms with van der Waals surface area (Å²) in [5, 5.41) is 16.8. The zero-order valence-corrected chi connectivity index (χ0v) is 50.0. The first kappa shape index (κ1) is 68.9. The van der Waals surface area contributed by atoms with Gasteiger partial charge in [0.1, 0.15) is 34.9 Å². The number of carboxylic acid groups (broad SMARTS) is 2. The number of carboxylic acids is 2. The third-order valence-electron chi connectivity index (χ3n) is 16.7. The van der Waals surface area contributed by atoms with Gasteiger partial charge in [-0.05, 0) is 166 Å². The van der Waals surface area contributed by atoms with Crippen LogP contribution in [-0.4, -0.2) is 120 Å². The van der Waals surface area contributed by atoms with Gasteiger partial charge in [0, 0.05) is 48.0 Å². The zero-order chi connectivity index (χ0) is 67.6. The summed E-state index contributed by atoms with van der Waals surface area (Å²) in [6, 6.07) is 27.7. The predicted molar refractivity (Wildman–Crippen MR) is 313 cm³/mol. The summed E-state index contributed by atoms with van der Waals surface area (Å²) in [5.74, 6) is -7.53. The number of benzene rings is 6. The number of sulfonamides is 2. The number of nitrogens with two attached hydrogens (primary N) is 2. The number of piperidine rings is 2. The van der Waals surface area contributed by atoms with E-state index in [-0.39, 0.29) is 47.0 Å². The lowest BCUT2D eigenvalue weighted by Crippen LogP contribution is -2.74. The second kappa shape index (κ2) is 26.7. The van der Waals surface area contributed by atoms with E-state index in [4.69, 9.17) is 26.7 Å². The fraction of sp³-hybridized carbons (Fsp3) is 0.317. The molecule has 2 aliphatic carbocycles. The van der Waals surface area contributed by atoms with E-state index >= 15 is 4.39 Å². The monoisotopic (exact) mass is 1340 g/mol. The number of para-hydroxylation sites is 2. The molecular formula is C60H57F11N8O11S2. The van der Waals surface area contributed by atoms with Gasteiger partial charge >= 0.3 is 49.0 Å². The van der Waals surface area contributed by atoms with Crippen molar-refractivity contribution in [2.75, 3.05) is 47.7 Å². The maximum Gasteiger partial charge on any atom is 0.516 e. The fourth-order valence-electron chi connectivity index (χ4n) is 12.2. The number of nitrogens with one attached hydrogen (secondary N) is 2. The van der Waals surface area contributed by atoms with Crippen molar-refractivity contribution in [3.05, 3.63) is 184 Å². The predicted octanol–water partition coefficient (Wildman–Crippen LogP) is 11.4. The van der Waals surface area contributed by atoms with Crippen LogP contribution < -0.4 is 20.9 Å². The zero-order valence-electron chi connectivity index (χ0n) is 48.3. The van der Waals surface area contributed by atoms with Crippen molar-refractivity contribution in [2.24, 2.45) is 5.41 Å². The number of halogens is 11. The van der Waals surface area contributed by atoms with Crippen LogP contribution in [0.15, 0.2) is 121 Å². The number of imidazole rings is 1. The summed E-state index contributed by atoms with van der Waals surface area (Å²) in [6.45, 7) is 3.45. The van der Waals surface area contributed by atoms with E-state index < -0.39 is 101 Å². The number of carbonyl (C=O) groups is 4. The van der Waals surface area contributed by atoms with Gasteiger partial charge in [-0.25, -0.2) is 41.3 Å². The molecule has 2 aliphatic heterocycles. The van der Waals surface area contributed by atoms with Gasteiger partial charge in [-0.3, -0.25) is 19.1 Å². The van der Waals surface area contributed by atoms with Crippen molar-refractivity contribution in [3.8, 4) is 0 Å². The van der Waals surface area contributed by atoms with Crippen LogP contribution in [0, 0.1) is 41.4 Å². The molecule has 32 heteroatoms. The topological polar surface area (TPSA) is 287 Å². The molecule has 4 unspecified atom stereocenters. The van der Waals surface area contributed by atoms with E-state index in [1.807, 2.05) is 12.1 Å². The number of ether oxygens (including phenoxy) is 1. The number of alkyl halides is 6. The molecule has 1 amide bonds. The van der Waals surface area contributed by atoms with E-state index in [1.165, 1.54) is 52.9 Å². The highest BCUT2D eigenvalue weighted by molar-refractivity contribution is 7.93. The molecule has 4 atom stereocenters. The Kier molecular flexibility index (Phi) is 20.0. The summed E-state index contributed by atoms with van der Waals surface area (Å²) < 4.78 is 196. The second-order valence-corrected chi connectivity index (χ2v) is 25.4. The minimum atomic E-state index is -5.75. The van der Waals surface area contributed by atoms with E-state index in [9.17, 15) is 79.9 Å². The highest BCUT2D eigenvalue weighted by atomic mass is 32.2. The Hall–Kier alpha value is -9.04. The van der Waals surface area contributed by atoms with Crippen molar-refractivity contribution in [2.45, 2.75) is 86.4 Å². The molecular weight excluding hydrogens is 1280 g/mol. The lowest BCUT2D eigenvalue weighted by Gasteiger charge is -2.69. The molecule has 0 bridgehead atoms. The van der Waals surface area contributed by atoms with Gasteiger partial charge in [0.25, 0.3) is 5.91 Å². The molecule has 19 nitrogen and oxygen atoms in total. The van der Waals surface area contributed by atoms with E-state index in [0.29, 0.717) is 60.6 Å². The summed E-state index contributed by atoms with van der Waals surface area (Å²) >= 11 is 0. The smallest absolute Gasteiger partial charge is 0.478 e. The number of fused-ring (bicyclic) bond motifs is 1. The number of hydrogen-bond acceptors (Lipinski definition) is 13. The van der Waals surface area contributed by atoms with Crippen LogP contribution in [0.3, 0.4) is 0 Å². The van der Waals surface area contributed by atoms with Crippen LogP contribution in [0.1, 0.15) is 104 Å². The van der Waals surface area contributed by atoms with E-state index in [1.54, 1.807) is 12.1 Å². The number of likely N-dealkylation sites (tertiary alicyclic amines) is 2. The van der Waals surface area contributed by atoms with Gasteiger partial charge < -0.3 is 35.9 Å². The van der Waals surface area contributed by atoms with Gasteiger partial charge in [-0.1, -0.05) is 24.3 Å². The van der Waals surface area contributed by atoms with Gasteiger partial charge in [-0.2, -0.15) is 43.2 Å². The standard InChI is InChI=1S/C37H38F5N5O3S.C8H5F4NO4S.C8H8FNO2.C7H6FNO2/c1-23-43-30-7-2-3-8-31(30)47(23)27-21-33-36(22-27)12-11-32(36)46(33)18-15-35(24-5-4-6-25(38)19-24)13-16-45(17-14-35)34(48)28-10-9-26(20-29(28)39)44-51(49,50)37(40,41)42;9-6-3-4(1-2-5(6)7(14)15)13-18(16,17)8(10,11)12;1-12-8(11)6-3-2-5(10)4-7(6)9;8-6-3-4(9)1-2-5(6)7(10)11/h2-10,19-20,27,32-33,44H,11-18,21-22H2,1H3;1-3,13H,(H,14,15);2-4H,10H2,1H3;1-3H,9H2,(H,10,11). The first-order valence-corrected chi connectivity index (χ1v) is 30.7. The van der Waals surface area contributed by atoms with Gasteiger partial charge in [-0.15, -0.1) is 0 Å². The average Bonchev–Trinajstić information content (AvgIpc) is 1.45. The number of anilines is 4. The molecule has 2 saturated heterocycles. The number of rotatable bonds is 13. The highest BCUT2D eigenvalue weighted by Gasteiger charge is 2.69. The molecule has 2 saturated carbocycles. The van der Waals surface area contributed by atoms with Gasteiger partial charge in [0.15, 0.2) is 0 Å². The summed E-state index contributed by atoms with van der Waals surface area (Å²) in [7, 11) is -10.2. The molecule has 3 heterocycles. The Bertz CT molecular complexity index is 4210. The largest absolute Gasteiger partial charge is 0.516 e. The average molecular weight is 1340 g/mol. The van der Waals surface area contributed by atoms with E-state index in [2.05, 4.69) is 39.3 Å². The third kappa shape index (κ3) is 14.5. The quantitative estimate of drug-likeness (QED) is 0.0355. The Morgan fingerprint density at radius 2 is 1.16 bits per heavy atom. The number of nitrogens with zero attached hydrogens (tertiary/aromatic N) is 4. The number of amides is 1. The van der Waals surface area contributed by atoms with Crippen LogP contribution in [0.4, 0.5) is 71.0 Å². The number of aromatic nitrogens is 2. The molecule has 8 N–H and O–H groups in total. The number of aromatic carboxylic acids is 2. The molecule has 4 fully saturated rings. The Balaban J connectivity index is 0.000000214. The molecule has 492 valence electrons. The van der Waals surface area contributed by atoms with Crippen LogP contribution in [-0.2, 0) is 30.2 Å². The van der Waals surface area contributed by atoms with Crippen molar-refractivity contribution in [1.82, 2.24) is 19.4 Å². The summed E-state index contributed by atoms with van der Waals surface area (Å²) in [5.41, 5.74) is -0.206. The number of methoxy groups -OCH3 is 1. The third-order valence-corrected chi connectivity index (χ3v) is 18.9. The first-order chi connectivity index (χ1) is 43.0. The SMILES string of the molecule is COC(=O)c1ccc(N)cc1F.Cc1nc2ccccc2n1C1CC2N(CCC3(c4cccc(F)c4)CCN(C(=O)c4ccc(NS(=O)(=O)C(F)(F)F)cc4F)CC3)C3CCC32C1.Nc1ccc(C(=O)O)c(F)c1.O=C(O)c1ccc(NS(=O)(=O)C(F)(F)F)cc1F. The van der Waals surface area contributed by atoms with Crippen LogP contribution in [0.2, 0.25) is 0 Å². The highest BCUT2D eigenvalue weighted by Crippen LogP contribution is 2.68. The normalized spacial score (nSPS) is 19.1. The van der Waals surface area contributed by atoms with Crippen LogP contribution in [0.5, 0.6) is 0 Å². The Morgan fingerprint density at radius 3 is 1.64 bits per heavy atom. The first-order valence-electron chi connectivity index (χ1n) is 27.7. The fourth-order valence-corrected chi connectivity index (χ4v) is 13.4. The second-order valence-electron chi connectivity index (χ2n) is 22.1. The number of nitrogen functional groups attached to an aromatic ring is 2. The van der Waals surface area contributed by atoms with E-state index in [0.717, 1.165) is 84.2 Å². The molecule has 11 rings (SSSR count). The van der Waals surface area contributed by atoms with Crippen molar-refractivity contribution in [1.29, 1.82) is 0 Å². The summed E-state index contributed by atoms with van der Waals surface area (Å²) in [4.78, 5) is 53.9. The molecule has 0 radical (unpaired) electrons. The maximum absolute atomic E-state index is 15.0. The Morgan fingerprint density at radius 1 is 0.652 bits per heavy atom. The maximum atomic E-state index is 15.0. The van der Waals surface area contributed by atoms with Crippen molar-refractivity contribution < 1.29 is 99.3 Å². The van der Waals surface area contributed by atoms with Gasteiger partial charge in [0.05, 0.1) is 51.8 Å². The van der Waals surface area contributed by atoms with Gasteiger partial charge in [0.2, 0.25) is 0 Å². The Labute approximate surface area is 517 Å². The van der Waals surface area contributed by atoms with Crippen LogP contribution in [0.25, 0.3) is 11.0 Å². The molecule has 6 aromatic carbocycles. The van der Waals surface area contributed by atoms with Crippen molar-refractivity contribution in [3.63, 3.8) is 0 Å². The number of carbonyl (C=O) groups excluding carboxylic acids is 2. The molecule has 1 spiro atoms. The minimum Gasteiger partial charge on any atom is -0.478 e. The van der Waals surface area contributed by atoms with Crippen LogP contribution >= 0.6 is 0 Å².